The van der Waals surface area contributed by atoms with Crippen molar-refractivity contribution < 1.29 is 14.0 Å². The first kappa shape index (κ1) is 10.4. The van der Waals surface area contributed by atoms with Crippen molar-refractivity contribution in [2.24, 2.45) is 0 Å². The average Bonchev–Trinajstić information content (AvgIpc) is 2.16. The summed E-state index contributed by atoms with van der Waals surface area (Å²) in [5, 5.41) is 2.31. The Kier molecular flexibility index (Phi) is 3.34. The molecule has 0 atom stereocenters. The Labute approximate surface area is 80.9 Å². The van der Waals surface area contributed by atoms with Gasteiger partial charge in [0.1, 0.15) is 5.82 Å². The van der Waals surface area contributed by atoms with Gasteiger partial charge in [0, 0.05) is 19.0 Å². The summed E-state index contributed by atoms with van der Waals surface area (Å²) in [7, 11) is 0. The number of hydrogen-bond acceptors (Lipinski definition) is 2. The zero-order valence-electron chi connectivity index (χ0n) is 7.71. The van der Waals surface area contributed by atoms with Gasteiger partial charge in [-0.05, 0) is 6.07 Å². The molecule has 0 saturated heterocycles. The predicted octanol–water partition coefficient (Wildman–Crippen LogP) is 1.03. The second-order valence-electron chi connectivity index (χ2n) is 2.83. The van der Waals surface area contributed by atoms with Crippen molar-refractivity contribution in [3.63, 3.8) is 0 Å². The van der Waals surface area contributed by atoms with Crippen LogP contribution in [0.5, 0.6) is 0 Å². The minimum atomic E-state index is -0.701. The van der Waals surface area contributed by atoms with Crippen LogP contribution in [-0.4, -0.2) is 11.7 Å². The van der Waals surface area contributed by atoms with Gasteiger partial charge in [-0.1, -0.05) is 18.2 Å². The third-order valence-corrected chi connectivity index (χ3v) is 1.72. The van der Waals surface area contributed by atoms with Crippen molar-refractivity contribution in [3.05, 3.63) is 35.6 Å². The van der Waals surface area contributed by atoms with E-state index in [1.165, 1.54) is 6.07 Å². The van der Waals surface area contributed by atoms with Crippen molar-refractivity contribution >= 4 is 11.7 Å². The summed E-state index contributed by atoms with van der Waals surface area (Å²) in [6.45, 7) is 1.20. The van der Waals surface area contributed by atoms with Crippen LogP contribution in [0.2, 0.25) is 0 Å². The number of amides is 1. The topological polar surface area (TPSA) is 46.2 Å². The SMILES string of the molecule is CC(=O)C(=O)NCc1ccccc1F. The van der Waals surface area contributed by atoms with Gasteiger partial charge in [-0.25, -0.2) is 4.39 Å². The van der Waals surface area contributed by atoms with Crippen LogP contribution in [0.15, 0.2) is 24.3 Å². The third kappa shape index (κ3) is 2.65. The minimum absolute atomic E-state index is 0.0328. The van der Waals surface area contributed by atoms with Gasteiger partial charge in [-0.15, -0.1) is 0 Å². The van der Waals surface area contributed by atoms with Crippen molar-refractivity contribution in [1.82, 2.24) is 5.32 Å². The molecule has 1 amide bonds. The zero-order valence-corrected chi connectivity index (χ0v) is 7.71. The predicted molar refractivity (Wildman–Crippen MR) is 48.9 cm³/mol. The molecule has 0 fully saturated rings. The van der Waals surface area contributed by atoms with Gasteiger partial charge in [-0.2, -0.15) is 0 Å². The van der Waals surface area contributed by atoms with Crippen LogP contribution in [0, 0.1) is 5.82 Å². The van der Waals surface area contributed by atoms with Crippen molar-refractivity contribution in [2.75, 3.05) is 0 Å². The number of carbonyl (C=O) groups is 2. The summed E-state index contributed by atoms with van der Waals surface area (Å²) in [6, 6.07) is 6.08. The molecule has 0 radical (unpaired) electrons. The van der Waals surface area contributed by atoms with E-state index >= 15 is 0 Å². The average molecular weight is 195 g/mol. The van der Waals surface area contributed by atoms with E-state index in [-0.39, 0.29) is 6.54 Å². The molecule has 0 heterocycles. The number of benzene rings is 1. The molecule has 0 aliphatic carbocycles. The number of rotatable bonds is 3. The molecule has 14 heavy (non-hydrogen) atoms. The first-order valence-corrected chi connectivity index (χ1v) is 4.13. The van der Waals surface area contributed by atoms with E-state index < -0.39 is 17.5 Å². The number of hydrogen-bond donors (Lipinski definition) is 1. The molecule has 74 valence electrons. The largest absolute Gasteiger partial charge is 0.345 e. The third-order valence-electron chi connectivity index (χ3n) is 1.72. The molecule has 0 bridgehead atoms. The fourth-order valence-electron chi connectivity index (χ4n) is 0.942. The molecular formula is C10H10FNO2. The lowest BCUT2D eigenvalue weighted by atomic mass is 10.2. The van der Waals surface area contributed by atoms with E-state index in [0.29, 0.717) is 5.56 Å². The molecule has 1 aromatic carbocycles. The maximum atomic E-state index is 13.0. The molecule has 0 saturated carbocycles. The van der Waals surface area contributed by atoms with Gasteiger partial charge in [0.05, 0.1) is 0 Å². The molecule has 3 nitrogen and oxygen atoms in total. The minimum Gasteiger partial charge on any atom is -0.345 e. The number of carbonyl (C=O) groups excluding carboxylic acids is 2. The van der Waals surface area contributed by atoms with Crippen LogP contribution >= 0.6 is 0 Å². The first-order chi connectivity index (χ1) is 6.61. The highest BCUT2D eigenvalue weighted by Crippen LogP contribution is 2.05. The maximum Gasteiger partial charge on any atom is 0.287 e. The molecule has 0 aromatic heterocycles. The Morgan fingerprint density at radius 3 is 2.57 bits per heavy atom. The Morgan fingerprint density at radius 2 is 2.00 bits per heavy atom. The van der Waals surface area contributed by atoms with Gasteiger partial charge < -0.3 is 5.32 Å². The van der Waals surface area contributed by atoms with Gasteiger partial charge >= 0.3 is 0 Å². The van der Waals surface area contributed by atoms with Gasteiger partial charge in [0.25, 0.3) is 5.91 Å². The van der Waals surface area contributed by atoms with E-state index in [9.17, 15) is 14.0 Å². The first-order valence-electron chi connectivity index (χ1n) is 4.13. The lowest BCUT2D eigenvalue weighted by Crippen LogP contribution is -2.28. The molecule has 0 spiro atoms. The van der Waals surface area contributed by atoms with Crippen LogP contribution in [0.3, 0.4) is 0 Å². The van der Waals surface area contributed by atoms with Crippen LogP contribution in [0.25, 0.3) is 0 Å². The van der Waals surface area contributed by atoms with E-state index in [1.54, 1.807) is 18.2 Å². The second-order valence-corrected chi connectivity index (χ2v) is 2.83. The molecule has 4 heteroatoms. The fraction of sp³-hybridized carbons (Fsp3) is 0.200. The normalized spacial score (nSPS) is 9.57. The Morgan fingerprint density at radius 1 is 1.36 bits per heavy atom. The molecule has 1 aromatic rings. The highest BCUT2D eigenvalue weighted by atomic mass is 19.1. The number of halogens is 1. The second kappa shape index (κ2) is 4.50. The molecule has 1 N–H and O–H groups in total. The van der Waals surface area contributed by atoms with E-state index in [4.69, 9.17) is 0 Å². The lowest BCUT2D eigenvalue weighted by molar-refractivity contribution is -0.136. The van der Waals surface area contributed by atoms with E-state index in [1.807, 2.05) is 0 Å². The quantitative estimate of drug-likeness (QED) is 0.732. The van der Waals surface area contributed by atoms with Gasteiger partial charge in [0.15, 0.2) is 0 Å². The van der Waals surface area contributed by atoms with E-state index in [2.05, 4.69) is 5.32 Å². The van der Waals surface area contributed by atoms with E-state index in [0.717, 1.165) is 6.92 Å². The summed E-state index contributed by atoms with van der Waals surface area (Å²) in [5.74, 6) is -1.68. The summed E-state index contributed by atoms with van der Waals surface area (Å²) in [4.78, 5) is 21.4. The maximum absolute atomic E-state index is 13.0. The Hall–Kier alpha value is -1.71. The number of nitrogens with one attached hydrogen (secondary N) is 1. The van der Waals surface area contributed by atoms with Crippen LogP contribution in [0.4, 0.5) is 4.39 Å². The highest BCUT2D eigenvalue weighted by Gasteiger charge is 2.07. The van der Waals surface area contributed by atoms with Gasteiger partial charge in [0.2, 0.25) is 5.78 Å². The standard InChI is InChI=1S/C10H10FNO2/c1-7(13)10(14)12-6-8-4-2-3-5-9(8)11/h2-5H,6H2,1H3,(H,12,14). The molecular weight excluding hydrogens is 185 g/mol. The molecule has 1 rings (SSSR count). The summed E-state index contributed by atoms with van der Waals surface area (Å²) >= 11 is 0. The van der Waals surface area contributed by atoms with Crippen LogP contribution in [0.1, 0.15) is 12.5 Å². The molecule has 0 aliphatic heterocycles. The van der Waals surface area contributed by atoms with Crippen LogP contribution < -0.4 is 5.32 Å². The summed E-state index contributed by atoms with van der Waals surface area (Å²) < 4.78 is 13.0. The summed E-state index contributed by atoms with van der Waals surface area (Å²) in [5.41, 5.74) is 0.363. The lowest BCUT2D eigenvalue weighted by Gasteiger charge is -2.03. The number of Topliss-reactive ketones (excluding diaryl/α,β-unsaturated/α-hetero) is 1. The fourth-order valence-corrected chi connectivity index (χ4v) is 0.942. The van der Waals surface area contributed by atoms with Gasteiger partial charge in [-0.3, -0.25) is 9.59 Å². The highest BCUT2D eigenvalue weighted by molar-refractivity contribution is 6.35. The van der Waals surface area contributed by atoms with Crippen LogP contribution in [-0.2, 0) is 16.1 Å². The zero-order chi connectivity index (χ0) is 10.6. The number of ketones is 1. The van der Waals surface area contributed by atoms with Crippen molar-refractivity contribution in [2.45, 2.75) is 13.5 Å². The smallest absolute Gasteiger partial charge is 0.287 e. The van der Waals surface area contributed by atoms with Crippen molar-refractivity contribution in [3.8, 4) is 0 Å². The Balaban J connectivity index is 2.58. The molecule has 0 aliphatic rings. The van der Waals surface area contributed by atoms with Crippen molar-refractivity contribution in [1.29, 1.82) is 0 Å². The molecule has 0 unspecified atom stereocenters. The Bertz CT molecular complexity index is 363. The summed E-state index contributed by atoms with van der Waals surface area (Å²) in [6.07, 6.45) is 0. The monoisotopic (exact) mass is 195 g/mol.